The number of nitrogens with one attached hydrogen (secondary N) is 1. The fraction of sp³-hybridized carbons (Fsp3) is 0.261. The molecule has 1 aromatic heterocycles. The molecule has 0 radical (unpaired) electrons. The Morgan fingerprint density at radius 3 is 2.23 bits per heavy atom. The number of thiol groups is 1. The van der Waals surface area contributed by atoms with Gasteiger partial charge in [0.15, 0.2) is 5.78 Å². The topological polar surface area (TPSA) is 68.2 Å². The molecule has 1 heterocycles. The number of carbonyl (C=O) groups is 1. The minimum Gasteiger partial charge on any atom is -0.317 e. The molecule has 1 aliphatic rings. The van der Waals surface area contributed by atoms with Crippen LogP contribution in [-0.2, 0) is 10.9 Å². The number of ketones is 1. The van der Waals surface area contributed by atoms with Gasteiger partial charge in [0.2, 0.25) is 10.9 Å². The molecular weight excluding hydrogens is 420 g/mol. The molecular formula is C23H23ClN2O3S. The molecule has 0 spiro atoms. The third-order valence-electron chi connectivity index (χ3n) is 5.57. The molecule has 0 unspecified atom stereocenters. The highest BCUT2D eigenvalue weighted by molar-refractivity contribution is 7.73. The third kappa shape index (κ3) is 4.16. The van der Waals surface area contributed by atoms with E-state index in [1.165, 1.54) is 0 Å². The number of Topliss-reactive ketones (excluding diaryl/α,β-unsaturated/α-hetero) is 1. The number of rotatable bonds is 7. The van der Waals surface area contributed by atoms with Crippen LogP contribution in [0.3, 0.4) is 0 Å². The highest BCUT2D eigenvalue weighted by atomic mass is 35.5. The second-order valence-electron chi connectivity index (χ2n) is 7.75. The monoisotopic (exact) mass is 442 g/mol. The molecule has 0 saturated heterocycles. The van der Waals surface area contributed by atoms with E-state index in [1.807, 2.05) is 50.2 Å². The van der Waals surface area contributed by atoms with Crippen LogP contribution in [0.5, 0.6) is 0 Å². The van der Waals surface area contributed by atoms with Gasteiger partial charge in [0.05, 0.1) is 0 Å². The van der Waals surface area contributed by atoms with E-state index in [9.17, 15) is 13.2 Å². The van der Waals surface area contributed by atoms with Crippen LogP contribution in [0.1, 0.15) is 41.0 Å². The fourth-order valence-electron chi connectivity index (χ4n) is 4.01. The molecule has 2 aromatic carbocycles. The Hall–Kier alpha value is -2.57. The average molecular weight is 443 g/mol. The predicted octanol–water partition coefficient (Wildman–Crippen LogP) is 5.34. The smallest absolute Gasteiger partial charge is 0.222 e. The largest absolute Gasteiger partial charge is 0.317 e. The maximum absolute atomic E-state index is 13.2. The van der Waals surface area contributed by atoms with Crippen molar-refractivity contribution in [3.63, 3.8) is 0 Å². The number of halogens is 1. The zero-order valence-corrected chi connectivity index (χ0v) is 18.5. The minimum absolute atomic E-state index is 0.158. The molecule has 1 N–H and O–H groups in total. The number of anilines is 1. The number of carbonyl (C=O) groups excluding carboxylic acids is 1. The van der Waals surface area contributed by atoms with E-state index in [0.29, 0.717) is 23.0 Å². The summed E-state index contributed by atoms with van der Waals surface area (Å²) in [5, 5.41) is 0.659. The predicted molar refractivity (Wildman–Crippen MR) is 121 cm³/mol. The number of nitrogens with zero attached hydrogens (tertiary/aromatic N) is 1. The summed E-state index contributed by atoms with van der Waals surface area (Å²) in [5.74, 6) is 0.648. The first-order valence-electron chi connectivity index (χ1n) is 9.87. The molecule has 0 bridgehead atoms. The summed E-state index contributed by atoms with van der Waals surface area (Å²) in [7, 11) is -2.72. The van der Waals surface area contributed by atoms with Gasteiger partial charge in [0.25, 0.3) is 0 Å². The van der Waals surface area contributed by atoms with E-state index in [2.05, 4.69) is 9.29 Å². The Bertz CT molecular complexity index is 1170. The normalized spacial score (nSPS) is 13.6. The lowest BCUT2D eigenvalue weighted by molar-refractivity contribution is 0.0976. The van der Waals surface area contributed by atoms with E-state index in [4.69, 9.17) is 11.6 Å². The van der Waals surface area contributed by atoms with Crippen LogP contribution in [0, 0.1) is 19.8 Å². The first kappa shape index (κ1) is 20.7. The van der Waals surface area contributed by atoms with E-state index in [0.717, 1.165) is 46.6 Å². The van der Waals surface area contributed by atoms with Crippen LogP contribution in [-0.4, -0.2) is 18.8 Å². The summed E-state index contributed by atoms with van der Waals surface area (Å²) in [4.78, 5) is 13.2. The second-order valence-corrected chi connectivity index (χ2v) is 8.92. The van der Waals surface area contributed by atoms with Crippen LogP contribution < -0.4 is 4.72 Å². The average Bonchev–Trinajstić information content (AvgIpc) is 3.47. The molecule has 5 nitrogen and oxygen atoms in total. The van der Waals surface area contributed by atoms with Gasteiger partial charge in [-0.25, -0.2) is 8.42 Å². The lowest BCUT2D eigenvalue weighted by Crippen LogP contribution is -2.04. The number of hydrogen-bond donors (Lipinski definition) is 2. The molecule has 156 valence electrons. The van der Waals surface area contributed by atoms with E-state index in [1.54, 1.807) is 12.1 Å². The summed E-state index contributed by atoms with van der Waals surface area (Å²) in [6.45, 7) is 3.98. The highest BCUT2D eigenvalue weighted by Crippen LogP contribution is 2.39. The molecule has 1 fully saturated rings. The lowest BCUT2D eigenvalue weighted by atomic mass is 9.95. The summed E-state index contributed by atoms with van der Waals surface area (Å²) in [6.07, 6.45) is 2.80. The third-order valence-corrected chi connectivity index (χ3v) is 6.27. The molecule has 4 rings (SSSR count). The van der Waals surface area contributed by atoms with Gasteiger partial charge in [-0.1, -0.05) is 23.7 Å². The van der Waals surface area contributed by atoms with Crippen molar-refractivity contribution in [1.29, 1.82) is 0 Å². The zero-order chi connectivity index (χ0) is 21.4. The van der Waals surface area contributed by atoms with Crippen LogP contribution in [0.25, 0.3) is 16.8 Å². The fourth-order valence-corrected chi connectivity index (χ4v) is 4.50. The molecule has 1 saturated carbocycles. The van der Waals surface area contributed by atoms with Gasteiger partial charge in [-0.3, -0.25) is 9.52 Å². The van der Waals surface area contributed by atoms with Gasteiger partial charge in [-0.2, -0.15) is 0 Å². The highest BCUT2D eigenvalue weighted by Gasteiger charge is 2.30. The summed E-state index contributed by atoms with van der Waals surface area (Å²) in [6, 6.07) is 14.7. The number of aromatic nitrogens is 1. The first-order chi connectivity index (χ1) is 14.3. The molecule has 0 atom stereocenters. The Kier molecular flexibility index (Phi) is 5.71. The summed E-state index contributed by atoms with van der Waals surface area (Å²) in [5.41, 5.74) is 5.82. The van der Waals surface area contributed by atoms with Crippen LogP contribution in [0.2, 0.25) is 5.02 Å². The number of benzene rings is 2. The van der Waals surface area contributed by atoms with Gasteiger partial charge in [0.1, 0.15) is 0 Å². The molecule has 3 aromatic rings. The Morgan fingerprint density at radius 1 is 1.03 bits per heavy atom. The van der Waals surface area contributed by atoms with Gasteiger partial charge < -0.3 is 4.57 Å². The van der Waals surface area contributed by atoms with Crippen molar-refractivity contribution in [3.8, 4) is 16.8 Å². The number of hydrogen-bond acceptors (Lipinski definition) is 3. The van der Waals surface area contributed by atoms with Crippen molar-refractivity contribution in [1.82, 2.24) is 4.57 Å². The van der Waals surface area contributed by atoms with Gasteiger partial charge in [-0.15, -0.1) is 0 Å². The Labute approximate surface area is 182 Å². The molecule has 0 aliphatic heterocycles. The summed E-state index contributed by atoms with van der Waals surface area (Å²) < 4.78 is 26.3. The van der Waals surface area contributed by atoms with Gasteiger partial charge in [-0.05, 0) is 74.6 Å². The van der Waals surface area contributed by atoms with Crippen LogP contribution in [0.4, 0.5) is 5.69 Å². The van der Waals surface area contributed by atoms with E-state index in [-0.39, 0.29) is 5.78 Å². The van der Waals surface area contributed by atoms with Crippen molar-refractivity contribution in [2.45, 2.75) is 33.1 Å². The van der Waals surface area contributed by atoms with E-state index < -0.39 is 10.9 Å². The van der Waals surface area contributed by atoms with Crippen molar-refractivity contribution in [2.24, 2.45) is 5.92 Å². The minimum atomic E-state index is -2.72. The van der Waals surface area contributed by atoms with Crippen molar-refractivity contribution in [2.75, 3.05) is 4.72 Å². The lowest BCUT2D eigenvalue weighted by Gasteiger charge is -2.10. The van der Waals surface area contributed by atoms with Crippen molar-refractivity contribution < 1.29 is 13.2 Å². The van der Waals surface area contributed by atoms with Crippen molar-refractivity contribution >= 4 is 34.0 Å². The molecule has 7 heteroatoms. The van der Waals surface area contributed by atoms with Gasteiger partial charge in [0, 0.05) is 45.3 Å². The van der Waals surface area contributed by atoms with Crippen LogP contribution in [0.15, 0.2) is 48.5 Å². The first-order valence-corrected chi connectivity index (χ1v) is 11.4. The quantitative estimate of drug-likeness (QED) is 0.383. The van der Waals surface area contributed by atoms with Crippen LogP contribution >= 0.6 is 11.6 Å². The maximum atomic E-state index is 13.2. The molecule has 30 heavy (non-hydrogen) atoms. The molecule has 0 amide bonds. The Balaban J connectivity index is 1.85. The van der Waals surface area contributed by atoms with E-state index >= 15 is 0 Å². The molecule has 1 aliphatic carbocycles. The Morgan fingerprint density at radius 2 is 1.67 bits per heavy atom. The second kappa shape index (κ2) is 8.28. The zero-order valence-electron chi connectivity index (χ0n) is 16.8. The maximum Gasteiger partial charge on any atom is 0.222 e. The van der Waals surface area contributed by atoms with Gasteiger partial charge >= 0.3 is 0 Å². The standard InChI is InChI=1S/C23H23ClN2O3S/c1-14-22(17-5-9-19(10-6-17)25-30(28)29)23(21(27)13-16-3-4-16)15(2)26(14)20-11-7-18(24)8-12-20/h5-12,16,30H,3-4,13H2,1-2H3,(H,25,28,29). The van der Waals surface area contributed by atoms with Crippen molar-refractivity contribution in [3.05, 3.63) is 70.5 Å². The summed E-state index contributed by atoms with van der Waals surface area (Å²) >= 11 is 6.06. The SMILES string of the molecule is Cc1c(C(=O)CC2CC2)c(-c2ccc(N[SH](=O)=O)cc2)c(C)n1-c1ccc(Cl)cc1.